The van der Waals surface area contributed by atoms with E-state index < -0.39 is 9.84 Å². The lowest BCUT2D eigenvalue weighted by atomic mass is 10.0. The van der Waals surface area contributed by atoms with Crippen molar-refractivity contribution in [2.75, 3.05) is 44.8 Å². The molecular formula is C28H35N5O3S. The summed E-state index contributed by atoms with van der Waals surface area (Å²) >= 11 is 0. The first-order chi connectivity index (χ1) is 17.7. The highest BCUT2D eigenvalue weighted by atomic mass is 32.2. The molecule has 0 saturated carbocycles. The molecule has 3 aromatic rings. The Morgan fingerprint density at radius 2 is 1.89 bits per heavy atom. The van der Waals surface area contributed by atoms with Crippen LogP contribution in [0.2, 0.25) is 0 Å². The molecule has 0 saturated heterocycles. The van der Waals surface area contributed by atoms with Crippen molar-refractivity contribution in [3.63, 3.8) is 0 Å². The Hall–Kier alpha value is -3.43. The van der Waals surface area contributed by atoms with E-state index in [1.807, 2.05) is 32.0 Å². The number of nitrogens with two attached hydrogens (primary N) is 1. The number of nitrogen functional groups attached to an aromatic ring is 1. The standard InChI is InChI=1S/C28H35N5O3S/c1-19-17-24-23(5-4-6-25(24)29)27(20(19)2)37(35,36)18-30-13-11-26(34)33(3)16-12-21-7-9-22(10-8-21)28-31-14-15-32-28/h4-10,17,30H,11-16,18,29H2,1-3H3,(H,31,32). The summed E-state index contributed by atoms with van der Waals surface area (Å²) in [5, 5.41) is 7.58. The van der Waals surface area contributed by atoms with Crippen molar-refractivity contribution >= 4 is 38.0 Å². The third-order valence-corrected chi connectivity index (χ3v) is 8.59. The SMILES string of the molecule is Cc1cc2c(N)cccc2c(S(=O)(=O)CNCCC(=O)N(C)CCc2ccc(C3=NCCN3)cc2)c1C. The van der Waals surface area contributed by atoms with Crippen molar-refractivity contribution in [3.05, 3.63) is 70.8 Å². The van der Waals surface area contributed by atoms with Gasteiger partial charge >= 0.3 is 0 Å². The molecule has 0 aliphatic carbocycles. The number of carbonyl (C=O) groups excluding carboxylic acids is 1. The van der Waals surface area contributed by atoms with Gasteiger partial charge in [-0.25, -0.2) is 8.42 Å². The number of likely N-dealkylation sites (N-methyl/N-ethyl adjacent to an activating group) is 1. The molecule has 4 rings (SSSR count). The summed E-state index contributed by atoms with van der Waals surface area (Å²) in [5.74, 6) is 0.657. The lowest BCUT2D eigenvalue weighted by Crippen LogP contribution is -2.33. The lowest BCUT2D eigenvalue weighted by molar-refractivity contribution is -0.129. The summed E-state index contributed by atoms with van der Waals surface area (Å²) in [6.07, 6.45) is 0.962. The number of hydrogen-bond donors (Lipinski definition) is 3. The Kier molecular flexibility index (Phi) is 8.14. The molecule has 1 aliphatic rings. The van der Waals surface area contributed by atoms with Crippen molar-refractivity contribution in [2.45, 2.75) is 31.6 Å². The molecule has 0 aromatic heterocycles. The number of hydrogen-bond acceptors (Lipinski definition) is 7. The van der Waals surface area contributed by atoms with Crippen LogP contribution >= 0.6 is 0 Å². The van der Waals surface area contributed by atoms with Crippen LogP contribution in [-0.4, -0.2) is 64.2 Å². The number of carbonyl (C=O) groups is 1. The molecule has 1 heterocycles. The van der Waals surface area contributed by atoms with Crippen LogP contribution in [0, 0.1) is 13.8 Å². The van der Waals surface area contributed by atoms with E-state index in [0.717, 1.165) is 53.0 Å². The number of rotatable bonds is 10. The van der Waals surface area contributed by atoms with Gasteiger partial charge in [0.15, 0.2) is 9.84 Å². The third kappa shape index (κ3) is 6.11. The summed E-state index contributed by atoms with van der Waals surface area (Å²) in [5.41, 5.74) is 10.5. The first kappa shape index (κ1) is 26.6. The van der Waals surface area contributed by atoms with Gasteiger partial charge in [-0.1, -0.05) is 36.4 Å². The number of aryl methyl sites for hydroxylation is 1. The van der Waals surface area contributed by atoms with E-state index in [2.05, 4.69) is 27.8 Å². The van der Waals surface area contributed by atoms with E-state index in [1.165, 1.54) is 0 Å². The van der Waals surface area contributed by atoms with Crippen LogP contribution in [0.15, 0.2) is 58.4 Å². The second-order valence-corrected chi connectivity index (χ2v) is 11.4. The molecule has 0 unspecified atom stereocenters. The fourth-order valence-corrected chi connectivity index (χ4v) is 6.25. The quantitative estimate of drug-likeness (QED) is 0.279. The number of aliphatic imine (C=N–C) groups is 1. The number of amides is 1. The average Bonchev–Trinajstić information content (AvgIpc) is 3.42. The van der Waals surface area contributed by atoms with Crippen molar-refractivity contribution in [3.8, 4) is 0 Å². The summed E-state index contributed by atoms with van der Waals surface area (Å²) < 4.78 is 26.5. The van der Waals surface area contributed by atoms with Gasteiger partial charge in [0.2, 0.25) is 5.91 Å². The van der Waals surface area contributed by atoms with Crippen molar-refractivity contribution < 1.29 is 13.2 Å². The minimum atomic E-state index is -3.64. The van der Waals surface area contributed by atoms with Crippen molar-refractivity contribution in [2.24, 2.45) is 4.99 Å². The second-order valence-electron chi connectivity index (χ2n) is 9.52. The first-order valence-electron chi connectivity index (χ1n) is 12.5. The van der Waals surface area contributed by atoms with Gasteiger partial charge in [0.1, 0.15) is 11.7 Å². The predicted molar refractivity (Wildman–Crippen MR) is 150 cm³/mol. The van der Waals surface area contributed by atoms with Gasteiger partial charge in [-0.05, 0) is 49.1 Å². The average molecular weight is 522 g/mol. The zero-order valence-electron chi connectivity index (χ0n) is 21.7. The topological polar surface area (TPSA) is 117 Å². The third-order valence-electron chi connectivity index (χ3n) is 6.86. The minimum absolute atomic E-state index is 0.0315. The maximum atomic E-state index is 13.3. The molecule has 37 heavy (non-hydrogen) atoms. The predicted octanol–water partition coefficient (Wildman–Crippen LogP) is 2.80. The zero-order valence-corrected chi connectivity index (χ0v) is 22.5. The number of nitrogens with one attached hydrogen (secondary N) is 2. The molecule has 4 N–H and O–H groups in total. The number of sulfone groups is 1. The van der Waals surface area contributed by atoms with Gasteiger partial charge in [-0.3, -0.25) is 9.79 Å². The van der Waals surface area contributed by atoms with E-state index >= 15 is 0 Å². The Labute approximate surface area is 218 Å². The summed E-state index contributed by atoms with van der Waals surface area (Å²) in [4.78, 5) is 19.0. The molecule has 196 valence electrons. The number of benzene rings is 3. The van der Waals surface area contributed by atoms with E-state index in [9.17, 15) is 13.2 Å². The highest BCUT2D eigenvalue weighted by molar-refractivity contribution is 7.91. The molecular weight excluding hydrogens is 486 g/mol. The van der Waals surface area contributed by atoms with E-state index in [0.29, 0.717) is 22.5 Å². The number of amidine groups is 1. The van der Waals surface area contributed by atoms with Gasteiger partial charge in [-0.15, -0.1) is 0 Å². The van der Waals surface area contributed by atoms with Gasteiger partial charge < -0.3 is 21.3 Å². The monoisotopic (exact) mass is 521 g/mol. The molecule has 1 amide bonds. The molecule has 0 atom stereocenters. The van der Waals surface area contributed by atoms with Gasteiger partial charge in [-0.2, -0.15) is 0 Å². The van der Waals surface area contributed by atoms with Crippen LogP contribution < -0.4 is 16.4 Å². The van der Waals surface area contributed by atoms with Crippen LogP contribution in [0.1, 0.15) is 28.7 Å². The molecule has 0 bridgehead atoms. The number of fused-ring (bicyclic) bond motifs is 1. The molecule has 0 radical (unpaired) electrons. The number of nitrogens with zero attached hydrogens (tertiary/aromatic N) is 2. The molecule has 3 aromatic carbocycles. The Bertz CT molecular complexity index is 1430. The lowest BCUT2D eigenvalue weighted by Gasteiger charge is -2.18. The normalized spacial score (nSPS) is 13.4. The second kappa shape index (κ2) is 11.3. The Balaban J connectivity index is 1.28. The fraction of sp³-hybridized carbons (Fsp3) is 0.357. The molecule has 1 aliphatic heterocycles. The summed E-state index contributed by atoms with van der Waals surface area (Å²) in [7, 11) is -1.86. The first-order valence-corrected chi connectivity index (χ1v) is 14.2. The zero-order chi connectivity index (χ0) is 26.6. The molecule has 9 heteroatoms. The largest absolute Gasteiger partial charge is 0.398 e. The van der Waals surface area contributed by atoms with Crippen LogP contribution in [0.3, 0.4) is 0 Å². The smallest absolute Gasteiger partial charge is 0.223 e. The highest BCUT2D eigenvalue weighted by Gasteiger charge is 2.22. The molecule has 0 fully saturated rings. The fourth-order valence-electron chi connectivity index (χ4n) is 4.56. The molecule has 8 nitrogen and oxygen atoms in total. The Morgan fingerprint density at radius 1 is 1.14 bits per heavy atom. The minimum Gasteiger partial charge on any atom is -0.398 e. The van der Waals surface area contributed by atoms with Gasteiger partial charge in [0, 0.05) is 55.1 Å². The maximum Gasteiger partial charge on any atom is 0.223 e. The molecule has 0 spiro atoms. The Morgan fingerprint density at radius 3 is 2.59 bits per heavy atom. The van der Waals surface area contributed by atoms with Gasteiger partial charge in [0.25, 0.3) is 0 Å². The van der Waals surface area contributed by atoms with E-state index in [4.69, 9.17) is 5.73 Å². The van der Waals surface area contributed by atoms with Crippen LogP contribution in [0.4, 0.5) is 5.69 Å². The maximum absolute atomic E-state index is 13.3. The van der Waals surface area contributed by atoms with Crippen LogP contribution in [0.25, 0.3) is 10.8 Å². The summed E-state index contributed by atoms with van der Waals surface area (Å²) in [6, 6.07) is 15.5. The van der Waals surface area contributed by atoms with E-state index in [1.54, 1.807) is 30.1 Å². The number of anilines is 1. The van der Waals surface area contributed by atoms with Gasteiger partial charge in [0.05, 0.1) is 11.4 Å². The summed E-state index contributed by atoms with van der Waals surface area (Å²) in [6.45, 7) is 6.25. The van der Waals surface area contributed by atoms with Crippen molar-refractivity contribution in [1.29, 1.82) is 0 Å². The van der Waals surface area contributed by atoms with E-state index in [-0.39, 0.29) is 24.7 Å². The van der Waals surface area contributed by atoms with Crippen LogP contribution in [-0.2, 0) is 21.1 Å². The highest BCUT2D eigenvalue weighted by Crippen LogP contribution is 2.32. The van der Waals surface area contributed by atoms with Crippen molar-refractivity contribution in [1.82, 2.24) is 15.5 Å². The van der Waals surface area contributed by atoms with Crippen LogP contribution in [0.5, 0.6) is 0 Å².